The number of carbonyl (C=O) groups is 1. The Morgan fingerprint density at radius 3 is 3.04 bits per heavy atom. The van der Waals surface area contributed by atoms with Crippen molar-refractivity contribution in [1.82, 2.24) is 25.1 Å². The Morgan fingerprint density at radius 1 is 1.22 bits per heavy atom. The highest BCUT2D eigenvalue weighted by molar-refractivity contribution is 7.13. The molecule has 1 amide bonds. The number of nitrogens with one attached hydrogen (secondary N) is 2. The number of aromatic amines is 1. The van der Waals surface area contributed by atoms with Gasteiger partial charge in [-0.1, -0.05) is 6.07 Å². The number of hydrogen-bond donors (Lipinski definition) is 2. The van der Waals surface area contributed by atoms with Crippen molar-refractivity contribution in [3.05, 3.63) is 54.1 Å². The fourth-order valence-electron chi connectivity index (χ4n) is 2.15. The predicted octanol–water partition coefficient (Wildman–Crippen LogP) is 2.73. The van der Waals surface area contributed by atoms with Crippen molar-refractivity contribution in [3.63, 3.8) is 0 Å². The van der Waals surface area contributed by atoms with Crippen molar-refractivity contribution in [2.45, 2.75) is 0 Å². The lowest BCUT2D eigenvalue weighted by atomic mass is 10.1. The lowest BCUT2D eigenvalue weighted by Crippen LogP contribution is -2.12. The fourth-order valence-corrected chi connectivity index (χ4v) is 2.90. The van der Waals surface area contributed by atoms with Crippen molar-refractivity contribution in [1.29, 1.82) is 0 Å². The minimum Gasteiger partial charge on any atom is -0.321 e. The summed E-state index contributed by atoms with van der Waals surface area (Å²) in [5, 5.41) is 13.7. The fraction of sp³-hybridized carbons (Fsp3) is 0. The van der Waals surface area contributed by atoms with Gasteiger partial charge < -0.3 is 5.32 Å². The van der Waals surface area contributed by atoms with Gasteiger partial charge in [-0.25, -0.2) is 9.97 Å². The van der Waals surface area contributed by atoms with Crippen LogP contribution in [0.1, 0.15) is 10.5 Å². The van der Waals surface area contributed by atoms with Gasteiger partial charge in [0, 0.05) is 28.8 Å². The summed E-state index contributed by atoms with van der Waals surface area (Å²) >= 11 is 1.33. The largest absolute Gasteiger partial charge is 0.321 e. The van der Waals surface area contributed by atoms with Crippen molar-refractivity contribution in [2.24, 2.45) is 0 Å². The van der Waals surface area contributed by atoms with Gasteiger partial charge in [0.2, 0.25) is 0 Å². The number of anilines is 1. The first kappa shape index (κ1) is 13.5. The monoisotopic (exact) mass is 322 g/mol. The zero-order valence-electron chi connectivity index (χ0n) is 11.7. The zero-order valence-corrected chi connectivity index (χ0v) is 12.5. The number of benzene rings is 1. The molecule has 0 spiro atoms. The van der Waals surface area contributed by atoms with E-state index >= 15 is 0 Å². The minimum atomic E-state index is -0.263. The quantitative estimate of drug-likeness (QED) is 0.604. The van der Waals surface area contributed by atoms with Gasteiger partial charge in [0.25, 0.3) is 5.91 Å². The molecule has 0 radical (unpaired) electrons. The van der Waals surface area contributed by atoms with Gasteiger partial charge >= 0.3 is 0 Å². The normalized spacial score (nSPS) is 10.8. The second-order valence-corrected chi connectivity index (χ2v) is 5.62. The third-order valence-electron chi connectivity index (χ3n) is 3.25. The van der Waals surface area contributed by atoms with Gasteiger partial charge in [-0.3, -0.25) is 14.9 Å². The van der Waals surface area contributed by atoms with Crippen LogP contribution in [-0.4, -0.2) is 31.1 Å². The molecule has 0 saturated heterocycles. The number of nitrogens with zero attached hydrogens (tertiary/aromatic N) is 4. The summed E-state index contributed by atoms with van der Waals surface area (Å²) in [6.07, 6.45) is 4.91. The number of amides is 1. The van der Waals surface area contributed by atoms with Gasteiger partial charge in [0.15, 0.2) is 10.8 Å². The van der Waals surface area contributed by atoms with E-state index in [1.807, 2.05) is 24.3 Å². The van der Waals surface area contributed by atoms with Crippen LogP contribution in [0.2, 0.25) is 0 Å². The number of aromatic nitrogens is 5. The number of hydrogen-bond acceptors (Lipinski definition) is 6. The van der Waals surface area contributed by atoms with E-state index in [1.54, 1.807) is 17.8 Å². The van der Waals surface area contributed by atoms with Crippen LogP contribution in [0.3, 0.4) is 0 Å². The SMILES string of the molecule is O=C(Nc1ccc2cnccc2c1)c1csc(-c2ncn[nH]2)n1. The summed E-state index contributed by atoms with van der Waals surface area (Å²) in [6.45, 7) is 0. The maximum absolute atomic E-state index is 12.3. The van der Waals surface area contributed by atoms with Crippen LogP contribution in [0.5, 0.6) is 0 Å². The maximum Gasteiger partial charge on any atom is 0.275 e. The molecule has 23 heavy (non-hydrogen) atoms. The van der Waals surface area contributed by atoms with Crippen LogP contribution in [0.4, 0.5) is 5.69 Å². The minimum absolute atomic E-state index is 0.263. The first-order valence-electron chi connectivity index (χ1n) is 6.76. The van der Waals surface area contributed by atoms with Crippen LogP contribution in [-0.2, 0) is 0 Å². The number of fused-ring (bicyclic) bond motifs is 1. The highest BCUT2D eigenvalue weighted by atomic mass is 32.1. The molecule has 3 aromatic heterocycles. The number of rotatable bonds is 3. The van der Waals surface area contributed by atoms with Crippen molar-refractivity contribution in [2.75, 3.05) is 5.32 Å². The van der Waals surface area contributed by atoms with E-state index in [0.29, 0.717) is 22.2 Å². The molecule has 8 heteroatoms. The number of H-pyrrole nitrogens is 1. The standard InChI is InChI=1S/C15H10N6OS/c22-14(12-7-23-15(20-12)13-17-8-18-21-13)19-11-2-1-10-6-16-4-3-9(10)5-11/h1-8H,(H,19,22)(H,17,18,21). The van der Waals surface area contributed by atoms with Gasteiger partial charge in [0.1, 0.15) is 12.0 Å². The third kappa shape index (κ3) is 2.67. The molecular formula is C15H10N6OS. The van der Waals surface area contributed by atoms with Gasteiger partial charge in [-0.15, -0.1) is 11.3 Å². The molecular weight excluding hydrogens is 312 g/mol. The van der Waals surface area contributed by atoms with Crippen LogP contribution in [0.15, 0.2) is 48.4 Å². The molecule has 0 bridgehead atoms. The Balaban J connectivity index is 1.57. The van der Waals surface area contributed by atoms with Crippen molar-refractivity contribution in [3.8, 4) is 10.8 Å². The average Bonchev–Trinajstić information content (AvgIpc) is 3.26. The Labute approximate surface area is 134 Å². The second kappa shape index (κ2) is 5.58. The van der Waals surface area contributed by atoms with Gasteiger partial charge in [-0.05, 0) is 23.6 Å². The summed E-state index contributed by atoms with van der Waals surface area (Å²) in [5.74, 6) is 0.285. The molecule has 4 rings (SSSR count). The second-order valence-electron chi connectivity index (χ2n) is 4.76. The molecule has 0 atom stereocenters. The number of pyridine rings is 1. The number of thiazole rings is 1. The van der Waals surface area contributed by atoms with Crippen LogP contribution >= 0.6 is 11.3 Å². The summed E-state index contributed by atoms with van der Waals surface area (Å²) in [6, 6.07) is 7.55. The van der Waals surface area contributed by atoms with Crippen LogP contribution < -0.4 is 5.32 Å². The molecule has 0 aliphatic heterocycles. The van der Waals surface area contributed by atoms with E-state index in [4.69, 9.17) is 0 Å². The van der Waals surface area contributed by atoms with E-state index in [0.717, 1.165) is 10.8 Å². The van der Waals surface area contributed by atoms with Crippen molar-refractivity contribution < 1.29 is 4.79 Å². The molecule has 7 nitrogen and oxygen atoms in total. The summed E-state index contributed by atoms with van der Waals surface area (Å²) in [7, 11) is 0. The summed E-state index contributed by atoms with van der Waals surface area (Å²) in [4.78, 5) is 24.7. The first-order valence-corrected chi connectivity index (χ1v) is 7.64. The van der Waals surface area contributed by atoms with Crippen LogP contribution in [0.25, 0.3) is 21.6 Å². The molecule has 0 saturated carbocycles. The topological polar surface area (TPSA) is 96.5 Å². The molecule has 0 aliphatic rings. The molecule has 0 fully saturated rings. The van der Waals surface area contributed by atoms with E-state index in [1.165, 1.54) is 17.7 Å². The Kier molecular flexibility index (Phi) is 3.28. The molecule has 4 aromatic rings. The summed E-state index contributed by atoms with van der Waals surface area (Å²) in [5.41, 5.74) is 1.05. The van der Waals surface area contributed by atoms with E-state index in [9.17, 15) is 4.79 Å². The molecule has 0 aliphatic carbocycles. The van der Waals surface area contributed by atoms with E-state index < -0.39 is 0 Å². The Hall–Kier alpha value is -3.13. The van der Waals surface area contributed by atoms with Crippen molar-refractivity contribution >= 4 is 33.7 Å². The lowest BCUT2D eigenvalue weighted by Gasteiger charge is -2.04. The highest BCUT2D eigenvalue weighted by Crippen LogP contribution is 2.21. The number of carbonyl (C=O) groups excluding carboxylic acids is 1. The maximum atomic E-state index is 12.3. The highest BCUT2D eigenvalue weighted by Gasteiger charge is 2.13. The Bertz CT molecular complexity index is 978. The average molecular weight is 322 g/mol. The molecule has 1 aromatic carbocycles. The first-order chi connectivity index (χ1) is 11.3. The smallest absolute Gasteiger partial charge is 0.275 e. The molecule has 3 heterocycles. The van der Waals surface area contributed by atoms with Gasteiger partial charge in [-0.2, -0.15) is 5.10 Å². The lowest BCUT2D eigenvalue weighted by molar-refractivity contribution is 0.102. The third-order valence-corrected chi connectivity index (χ3v) is 4.10. The Morgan fingerprint density at radius 2 is 2.17 bits per heavy atom. The molecule has 0 unspecified atom stereocenters. The summed E-state index contributed by atoms with van der Waals surface area (Å²) < 4.78 is 0. The predicted molar refractivity (Wildman–Crippen MR) is 87.2 cm³/mol. The molecule has 112 valence electrons. The zero-order chi connectivity index (χ0) is 15.6. The van der Waals surface area contributed by atoms with Gasteiger partial charge in [0.05, 0.1) is 0 Å². The molecule has 2 N–H and O–H groups in total. The van der Waals surface area contributed by atoms with E-state index in [2.05, 4.69) is 30.5 Å². The van der Waals surface area contributed by atoms with E-state index in [-0.39, 0.29) is 5.91 Å². The van der Waals surface area contributed by atoms with Crippen LogP contribution in [0, 0.1) is 0 Å².